The average Bonchev–Trinajstić information content (AvgIpc) is 2.82. The van der Waals surface area contributed by atoms with Crippen molar-refractivity contribution >= 4 is 5.96 Å². The molecule has 0 spiro atoms. The van der Waals surface area contributed by atoms with Crippen LogP contribution in [-0.2, 0) is 9.47 Å². The van der Waals surface area contributed by atoms with Crippen LogP contribution < -0.4 is 16.0 Å². The molecule has 0 bridgehead atoms. The van der Waals surface area contributed by atoms with Gasteiger partial charge >= 0.3 is 0 Å². The molecule has 0 radical (unpaired) electrons. The van der Waals surface area contributed by atoms with Gasteiger partial charge in [-0.15, -0.1) is 0 Å². The van der Waals surface area contributed by atoms with Crippen molar-refractivity contribution in [3.8, 4) is 0 Å². The van der Waals surface area contributed by atoms with Crippen molar-refractivity contribution in [3.05, 3.63) is 35.9 Å². The highest BCUT2D eigenvalue weighted by molar-refractivity contribution is 5.79. The standard InChI is InChI=1S/C25H42N4O2/c1-21(22-10-5-3-6-11-22)29-25(14-18-30-19-15-25)20-28-24(26-2)27-16-9-17-31-23-12-7-4-8-13-23/h3,5-6,10-11,21,23,29H,4,7-9,12-20H2,1-2H3,(H2,26,27,28). The molecule has 1 atom stereocenters. The molecular formula is C25H42N4O2. The van der Waals surface area contributed by atoms with Crippen molar-refractivity contribution in [2.24, 2.45) is 4.99 Å². The Morgan fingerprint density at radius 3 is 2.58 bits per heavy atom. The van der Waals surface area contributed by atoms with Crippen LogP contribution >= 0.6 is 0 Å². The fourth-order valence-electron chi connectivity index (χ4n) is 4.65. The Morgan fingerprint density at radius 1 is 1.13 bits per heavy atom. The molecule has 1 aromatic rings. The lowest BCUT2D eigenvalue weighted by Crippen LogP contribution is -2.58. The van der Waals surface area contributed by atoms with Crippen LogP contribution in [0.2, 0.25) is 0 Å². The van der Waals surface area contributed by atoms with Crippen molar-refractivity contribution in [1.82, 2.24) is 16.0 Å². The second kappa shape index (κ2) is 13.0. The quantitative estimate of drug-likeness (QED) is 0.299. The first-order valence-electron chi connectivity index (χ1n) is 12.2. The average molecular weight is 431 g/mol. The largest absolute Gasteiger partial charge is 0.381 e. The Labute approximate surface area is 188 Å². The number of rotatable bonds is 10. The van der Waals surface area contributed by atoms with Crippen molar-refractivity contribution in [2.75, 3.05) is 40.0 Å². The molecule has 174 valence electrons. The second-order valence-electron chi connectivity index (χ2n) is 9.01. The summed E-state index contributed by atoms with van der Waals surface area (Å²) in [5.74, 6) is 0.859. The minimum absolute atomic E-state index is 0.00474. The Hall–Kier alpha value is -1.63. The summed E-state index contributed by atoms with van der Waals surface area (Å²) in [7, 11) is 1.84. The zero-order valence-corrected chi connectivity index (χ0v) is 19.5. The maximum atomic E-state index is 6.03. The summed E-state index contributed by atoms with van der Waals surface area (Å²) >= 11 is 0. The van der Waals surface area contributed by atoms with E-state index < -0.39 is 0 Å². The first-order chi connectivity index (χ1) is 15.2. The SMILES string of the molecule is CN=C(NCCCOC1CCCCC1)NCC1(NC(C)c2ccccc2)CCOCC1. The van der Waals surface area contributed by atoms with E-state index in [0.29, 0.717) is 6.10 Å². The molecule has 1 aromatic carbocycles. The smallest absolute Gasteiger partial charge is 0.191 e. The summed E-state index contributed by atoms with van der Waals surface area (Å²) in [5, 5.41) is 10.9. The summed E-state index contributed by atoms with van der Waals surface area (Å²) in [4.78, 5) is 4.42. The Balaban J connectivity index is 1.42. The molecule has 6 heteroatoms. The van der Waals surface area contributed by atoms with E-state index in [-0.39, 0.29) is 11.6 Å². The number of aliphatic imine (C=N–C) groups is 1. The van der Waals surface area contributed by atoms with E-state index in [9.17, 15) is 0 Å². The summed E-state index contributed by atoms with van der Waals surface area (Å²) in [6.07, 6.45) is 9.94. The topological polar surface area (TPSA) is 66.9 Å². The minimum Gasteiger partial charge on any atom is -0.381 e. The first kappa shape index (κ1) is 24.0. The van der Waals surface area contributed by atoms with Crippen molar-refractivity contribution in [1.29, 1.82) is 0 Å². The Morgan fingerprint density at radius 2 is 1.87 bits per heavy atom. The van der Waals surface area contributed by atoms with Gasteiger partial charge in [-0.05, 0) is 44.6 Å². The molecule has 1 saturated carbocycles. The number of benzene rings is 1. The molecule has 1 saturated heterocycles. The number of hydrogen-bond donors (Lipinski definition) is 3. The third-order valence-corrected chi connectivity index (χ3v) is 6.61. The molecule has 3 N–H and O–H groups in total. The molecular weight excluding hydrogens is 388 g/mol. The summed E-state index contributed by atoms with van der Waals surface area (Å²) in [6, 6.07) is 10.9. The van der Waals surface area contributed by atoms with E-state index >= 15 is 0 Å². The highest BCUT2D eigenvalue weighted by Gasteiger charge is 2.34. The number of hydrogen-bond acceptors (Lipinski definition) is 4. The van der Waals surface area contributed by atoms with Crippen molar-refractivity contribution < 1.29 is 9.47 Å². The van der Waals surface area contributed by atoms with Gasteiger partial charge in [0.15, 0.2) is 5.96 Å². The van der Waals surface area contributed by atoms with Gasteiger partial charge in [0.2, 0.25) is 0 Å². The fraction of sp³-hybridized carbons (Fsp3) is 0.720. The molecule has 0 aromatic heterocycles. The maximum absolute atomic E-state index is 6.03. The number of guanidine groups is 1. The molecule has 1 heterocycles. The van der Waals surface area contributed by atoms with Crippen LogP contribution in [0, 0.1) is 0 Å². The van der Waals surface area contributed by atoms with Crippen molar-refractivity contribution in [3.63, 3.8) is 0 Å². The van der Waals surface area contributed by atoms with Gasteiger partial charge in [0.25, 0.3) is 0 Å². The van der Waals surface area contributed by atoms with E-state index in [1.165, 1.54) is 37.7 Å². The summed E-state index contributed by atoms with van der Waals surface area (Å²) < 4.78 is 11.7. The molecule has 0 amide bonds. The predicted octanol–water partition coefficient (Wildman–Crippen LogP) is 3.79. The lowest BCUT2D eigenvalue weighted by atomic mass is 9.88. The molecule has 1 unspecified atom stereocenters. The third-order valence-electron chi connectivity index (χ3n) is 6.61. The van der Waals surface area contributed by atoms with Crippen LogP contribution in [0.3, 0.4) is 0 Å². The van der Waals surface area contributed by atoms with Crippen LogP contribution in [0.4, 0.5) is 0 Å². The Kier molecular flexibility index (Phi) is 10.1. The molecule has 2 aliphatic rings. The highest BCUT2D eigenvalue weighted by atomic mass is 16.5. The summed E-state index contributed by atoms with van der Waals surface area (Å²) in [6.45, 7) is 6.35. The molecule has 3 rings (SSSR count). The van der Waals surface area contributed by atoms with Gasteiger partial charge < -0.3 is 25.4 Å². The second-order valence-corrected chi connectivity index (χ2v) is 9.01. The zero-order valence-electron chi connectivity index (χ0n) is 19.5. The van der Waals surface area contributed by atoms with Crippen LogP contribution in [0.1, 0.15) is 69.9 Å². The van der Waals surface area contributed by atoms with E-state index in [1.807, 2.05) is 7.05 Å². The van der Waals surface area contributed by atoms with E-state index in [2.05, 4.69) is 58.2 Å². The van der Waals surface area contributed by atoms with Gasteiger partial charge in [-0.25, -0.2) is 0 Å². The lowest BCUT2D eigenvalue weighted by molar-refractivity contribution is 0.0276. The number of nitrogens with one attached hydrogen (secondary N) is 3. The lowest BCUT2D eigenvalue weighted by Gasteiger charge is -2.41. The third kappa shape index (κ3) is 8.09. The van der Waals surface area contributed by atoms with Gasteiger partial charge in [-0.2, -0.15) is 0 Å². The van der Waals surface area contributed by atoms with Gasteiger partial charge in [0.05, 0.1) is 6.10 Å². The van der Waals surface area contributed by atoms with Gasteiger partial charge in [0, 0.05) is 51.5 Å². The van der Waals surface area contributed by atoms with Crippen LogP contribution in [0.5, 0.6) is 0 Å². The van der Waals surface area contributed by atoms with Gasteiger partial charge in [-0.3, -0.25) is 4.99 Å². The van der Waals surface area contributed by atoms with Gasteiger partial charge in [-0.1, -0.05) is 49.6 Å². The normalized spacial score (nSPS) is 20.9. The van der Waals surface area contributed by atoms with Crippen LogP contribution in [-0.4, -0.2) is 57.6 Å². The Bertz CT molecular complexity index is 640. The van der Waals surface area contributed by atoms with E-state index in [0.717, 1.165) is 58.1 Å². The van der Waals surface area contributed by atoms with E-state index in [4.69, 9.17) is 9.47 Å². The molecule has 1 aliphatic carbocycles. The highest BCUT2D eigenvalue weighted by Crippen LogP contribution is 2.25. The molecule has 31 heavy (non-hydrogen) atoms. The summed E-state index contributed by atoms with van der Waals surface area (Å²) in [5.41, 5.74) is 1.31. The van der Waals surface area contributed by atoms with E-state index in [1.54, 1.807) is 0 Å². The van der Waals surface area contributed by atoms with Crippen molar-refractivity contribution in [2.45, 2.75) is 76.0 Å². The van der Waals surface area contributed by atoms with Crippen LogP contribution in [0.15, 0.2) is 35.3 Å². The van der Waals surface area contributed by atoms with Crippen LogP contribution in [0.25, 0.3) is 0 Å². The zero-order chi connectivity index (χ0) is 21.8. The number of ether oxygens (including phenoxy) is 2. The first-order valence-corrected chi connectivity index (χ1v) is 12.2. The minimum atomic E-state index is -0.00474. The monoisotopic (exact) mass is 430 g/mol. The number of nitrogens with zero attached hydrogens (tertiary/aromatic N) is 1. The maximum Gasteiger partial charge on any atom is 0.191 e. The molecule has 2 fully saturated rings. The van der Waals surface area contributed by atoms with Gasteiger partial charge in [0.1, 0.15) is 0 Å². The molecule has 1 aliphatic heterocycles. The fourth-order valence-corrected chi connectivity index (χ4v) is 4.65. The predicted molar refractivity (Wildman–Crippen MR) is 128 cm³/mol. The molecule has 6 nitrogen and oxygen atoms in total.